The zero-order valence-electron chi connectivity index (χ0n) is 14.4. The average Bonchev–Trinajstić information content (AvgIpc) is 2.63. The highest BCUT2D eigenvalue weighted by Gasteiger charge is 2.30. The van der Waals surface area contributed by atoms with E-state index in [1.165, 1.54) is 4.90 Å². The number of rotatable bonds is 5. The molecule has 1 fully saturated rings. The third-order valence-electron chi connectivity index (χ3n) is 4.45. The Hall–Kier alpha value is -2.65. The Morgan fingerprint density at radius 1 is 1.31 bits per heavy atom. The monoisotopic (exact) mass is 378 g/mol. The highest BCUT2D eigenvalue weighted by atomic mass is 35.5. The Bertz CT molecular complexity index is 792. The van der Waals surface area contributed by atoms with Crippen LogP contribution in [-0.4, -0.2) is 47.6 Å². The molecular weight excluding hydrogens is 358 g/mol. The largest absolute Gasteiger partial charge is 0.378 e. The fourth-order valence-electron chi connectivity index (χ4n) is 2.96. The second-order valence-electron chi connectivity index (χ2n) is 6.08. The summed E-state index contributed by atoms with van der Waals surface area (Å²) in [7, 11) is 0. The van der Waals surface area contributed by atoms with E-state index >= 15 is 0 Å². The molecule has 4 N–H and O–H groups in total. The van der Waals surface area contributed by atoms with Crippen molar-refractivity contribution in [3.05, 3.63) is 39.4 Å². The first kappa shape index (κ1) is 18.2. The molecule has 0 unspecified atom stereocenters. The number of nitrogens with zero attached hydrogens (tertiary/aromatic N) is 4. The van der Waals surface area contributed by atoms with Crippen LogP contribution in [0.1, 0.15) is 6.92 Å². The van der Waals surface area contributed by atoms with Crippen LogP contribution in [0.5, 0.6) is 0 Å². The molecule has 138 valence electrons. The number of nitrogens with one attached hydrogen (secondary N) is 2. The lowest BCUT2D eigenvalue weighted by Crippen LogP contribution is -3.14. The molecule has 10 heteroatoms. The van der Waals surface area contributed by atoms with Crippen molar-refractivity contribution in [2.24, 2.45) is 0 Å². The van der Waals surface area contributed by atoms with Gasteiger partial charge in [-0.25, -0.2) is 0 Å². The average molecular weight is 379 g/mol. The number of anilines is 4. The van der Waals surface area contributed by atoms with E-state index < -0.39 is 4.92 Å². The fraction of sp³-hybridized carbons (Fsp3) is 0.375. The first-order valence-electron chi connectivity index (χ1n) is 8.41. The van der Waals surface area contributed by atoms with E-state index in [1.807, 2.05) is 4.90 Å². The van der Waals surface area contributed by atoms with Crippen molar-refractivity contribution in [3.8, 4) is 0 Å². The predicted octanol–water partition coefficient (Wildman–Crippen LogP) is 1.09. The van der Waals surface area contributed by atoms with Gasteiger partial charge in [-0.3, -0.25) is 10.1 Å². The van der Waals surface area contributed by atoms with Crippen LogP contribution in [-0.2, 0) is 0 Å². The number of hydrogen-bond acceptors (Lipinski definition) is 7. The maximum atomic E-state index is 11.5. The van der Waals surface area contributed by atoms with Gasteiger partial charge in [-0.05, 0) is 31.2 Å². The number of nitrogens with two attached hydrogens (primary N) is 1. The van der Waals surface area contributed by atoms with E-state index in [9.17, 15) is 10.1 Å². The number of benzene rings is 1. The molecule has 0 saturated carbocycles. The molecule has 1 aromatic heterocycles. The minimum absolute atomic E-state index is 0.151. The number of nitrogen functional groups attached to an aromatic ring is 1. The Kier molecular flexibility index (Phi) is 5.38. The van der Waals surface area contributed by atoms with Gasteiger partial charge in [0.1, 0.15) is 0 Å². The van der Waals surface area contributed by atoms with Crippen molar-refractivity contribution >= 4 is 40.6 Å². The lowest BCUT2D eigenvalue weighted by molar-refractivity contribution is -0.898. The van der Waals surface area contributed by atoms with Gasteiger partial charge >= 0.3 is 5.69 Å². The van der Waals surface area contributed by atoms with Crippen molar-refractivity contribution in [1.82, 2.24) is 9.97 Å². The summed E-state index contributed by atoms with van der Waals surface area (Å²) in [6, 6.07) is 7.00. The lowest BCUT2D eigenvalue weighted by atomic mass is 10.3. The van der Waals surface area contributed by atoms with Gasteiger partial charge < -0.3 is 20.9 Å². The van der Waals surface area contributed by atoms with Crippen LogP contribution in [0.2, 0.25) is 5.02 Å². The second kappa shape index (κ2) is 7.71. The second-order valence-corrected chi connectivity index (χ2v) is 6.52. The van der Waals surface area contributed by atoms with E-state index in [0.717, 1.165) is 19.6 Å². The van der Waals surface area contributed by atoms with Gasteiger partial charge in [-0.1, -0.05) is 11.6 Å². The summed E-state index contributed by atoms with van der Waals surface area (Å²) in [5.74, 6) is 0.325. The van der Waals surface area contributed by atoms with Crippen LogP contribution in [0.4, 0.5) is 29.0 Å². The minimum atomic E-state index is -0.518. The van der Waals surface area contributed by atoms with Gasteiger partial charge in [0.15, 0.2) is 0 Å². The molecule has 3 rings (SSSR count). The number of hydrogen-bond donors (Lipinski definition) is 3. The summed E-state index contributed by atoms with van der Waals surface area (Å²) in [4.78, 5) is 22.8. The lowest BCUT2D eigenvalue weighted by Gasteiger charge is -2.32. The van der Waals surface area contributed by atoms with Gasteiger partial charge in [0, 0.05) is 10.7 Å². The van der Waals surface area contributed by atoms with E-state index in [-0.39, 0.29) is 23.3 Å². The van der Waals surface area contributed by atoms with Gasteiger partial charge in [0.05, 0.1) is 37.6 Å². The predicted molar refractivity (Wildman–Crippen MR) is 101 cm³/mol. The summed E-state index contributed by atoms with van der Waals surface area (Å²) < 4.78 is 0. The van der Waals surface area contributed by atoms with Crippen molar-refractivity contribution < 1.29 is 9.82 Å². The summed E-state index contributed by atoms with van der Waals surface area (Å²) in [5, 5.41) is 15.1. The van der Waals surface area contributed by atoms with E-state index in [4.69, 9.17) is 17.3 Å². The fourth-order valence-corrected chi connectivity index (χ4v) is 3.09. The van der Waals surface area contributed by atoms with Crippen LogP contribution in [0.25, 0.3) is 0 Å². The number of likely N-dealkylation sites (N-methyl/N-ethyl adjacent to an activating group) is 1. The summed E-state index contributed by atoms with van der Waals surface area (Å²) in [6.45, 7) is 6.33. The molecule has 0 spiro atoms. The standard InChI is InChI=1S/C16H20ClN7O2/c1-2-22-7-9-23(10-8-22)15-13(24(25)26)14(18)20-16(21-15)19-12-5-3-11(17)4-6-12/h3-6H,2,7-10H2,1H3,(H3,18,19,20,21)/p+1. The molecule has 9 nitrogen and oxygen atoms in total. The molecule has 1 saturated heterocycles. The summed E-state index contributed by atoms with van der Waals surface area (Å²) in [5.41, 5.74) is 6.35. The zero-order chi connectivity index (χ0) is 18.7. The molecule has 26 heavy (non-hydrogen) atoms. The van der Waals surface area contributed by atoms with Gasteiger partial charge in [0.25, 0.3) is 0 Å². The third-order valence-corrected chi connectivity index (χ3v) is 4.70. The maximum absolute atomic E-state index is 11.5. The van der Waals surface area contributed by atoms with Crippen molar-refractivity contribution in [1.29, 1.82) is 0 Å². The third kappa shape index (κ3) is 3.94. The molecule has 1 aliphatic rings. The molecule has 1 aliphatic heterocycles. The topological polar surface area (TPSA) is 115 Å². The SMILES string of the molecule is CC[NH+]1CCN(c2nc(Nc3ccc(Cl)cc3)nc(N)c2[N+](=O)[O-])CC1. The highest BCUT2D eigenvalue weighted by Crippen LogP contribution is 2.32. The maximum Gasteiger partial charge on any atom is 0.353 e. The summed E-state index contributed by atoms with van der Waals surface area (Å²) >= 11 is 5.88. The Morgan fingerprint density at radius 3 is 2.54 bits per heavy atom. The van der Waals surface area contributed by atoms with Gasteiger partial charge in [-0.15, -0.1) is 0 Å². The minimum Gasteiger partial charge on any atom is -0.378 e. The molecule has 2 aromatic rings. The number of quaternary nitrogens is 1. The number of halogens is 1. The Morgan fingerprint density at radius 2 is 1.96 bits per heavy atom. The van der Waals surface area contributed by atoms with Crippen LogP contribution in [0.15, 0.2) is 24.3 Å². The number of aromatic nitrogens is 2. The smallest absolute Gasteiger partial charge is 0.353 e. The van der Waals surface area contributed by atoms with E-state index in [1.54, 1.807) is 24.3 Å². The highest BCUT2D eigenvalue weighted by molar-refractivity contribution is 6.30. The molecular formula is C16H21ClN7O2+. The molecule has 2 heterocycles. The van der Waals surface area contributed by atoms with Crippen LogP contribution < -0.4 is 20.9 Å². The van der Waals surface area contributed by atoms with Crippen LogP contribution in [0.3, 0.4) is 0 Å². The van der Waals surface area contributed by atoms with Gasteiger partial charge in [0.2, 0.25) is 17.6 Å². The Balaban J connectivity index is 1.92. The van der Waals surface area contributed by atoms with Crippen LogP contribution in [0, 0.1) is 10.1 Å². The molecule has 0 amide bonds. The van der Waals surface area contributed by atoms with E-state index in [0.29, 0.717) is 23.8 Å². The van der Waals surface area contributed by atoms with Crippen molar-refractivity contribution in [2.45, 2.75) is 6.92 Å². The first-order valence-corrected chi connectivity index (χ1v) is 8.78. The quantitative estimate of drug-likeness (QED) is 0.527. The normalized spacial score (nSPS) is 15.1. The van der Waals surface area contributed by atoms with Crippen molar-refractivity contribution in [2.75, 3.05) is 48.7 Å². The van der Waals surface area contributed by atoms with E-state index in [2.05, 4.69) is 22.2 Å². The molecule has 0 aliphatic carbocycles. The number of nitro groups is 1. The first-order chi connectivity index (χ1) is 12.5. The summed E-state index contributed by atoms with van der Waals surface area (Å²) in [6.07, 6.45) is 0. The molecule has 0 bridgehead atoms. The molecule has 0 radical (unpaired) electrons. The van der Waals surface area contributed by atoms with Crippen molar-refractivity contribution in [3.63, 3.8) is 0 Å². The zero-order valence-corrected chi connectivity index (χ0v) is 15.2. The Labute approximate surface area is 155 Å². The number of piperazine rings is 1. The van der Waals surface area contributed by atoms with Crippen LogP contribution >= 0.6 is 11.6 Å². The van der Waals surface area contributed by atoms with Gasteiger partial charge in [-0.2, -0.15) is 9.97 Å². The molecule has 1 aromatic carbocycles. The molecule has 0 atom stereocenters.